The van der Waals surface area contributed by atoms with E-state index >= 15 is 0 Å². The van der Waals surface area contributed by atoms with Gasteiger partial charge >= 0.3 is 0 Å². The number of nitrogens with zero attached hydrogens (tertiary/aromatic N) is 3. The molecular formula is C27H33N5O. The van der Waals surface area contributed by atoms with E-state index in [1.54, 1.807) is 7.11 Å². The Morgan fingerprint density at radius 2 is 1.97 bits per heavy atom. The highest BCUT2D eigenvalue weighted by Gasteiger charge is 2.23. The lowest BCUT2D eigenvalue weighted by Gasteiger charge is -2.31. The Bertz CT molecular complexity index is 1250. The molecule has 0 bridgehead atoms. The number of aromatic nitrogens is 4. The molecule has 4 heterocycles. The third kappa shape index (κ3) is 4.40. The monoisotopic (exact) mass is 443 g/mol. The van der Waals surface area contributed by atoms with Crippen molar-refractivity contribution in [3.63, 3.8) is 0 Å². The number of ether oxygens (including phenoxy) is 1. The third-order valence-corrected chi connectivity index (χ3v) is 6.88. The van der Waals surface area contributed by atoms with E-state index in [1.807, 2.05) is 25.4 Å². The molecule has 33 heavy (non-hydrogen) atoms. The van der Waals surface area contributed by atoms with Gasteiger partial charge in [-0.15, -0.1) is 0 Å². The van der Waals surface area contributed by atoms with Crippen molar-refractivity contribution in [3.8, 4) is 17.1 Å². The van der Waals surface area contributed by atoms with Crippen LogP contribution in [0.1, 0.15) is 61.2 Å². The first-order chi connectivity index (χ1) is 16.0. The number of imidazole rings is 1. The molecule has 2 N–H and O–H groups in total. The number of aromatic amines is 2. The summed E-state index contributed by atoms with van der Waals surface area (Å²) in [6, 6.07) is 11.1. The Hall–Kier alpha value is -3.12. The molecule has 3 aromatic heterocycles. The second-order valence-electron chi connectivity index (χ2n) is 9.49. The first-order valence-electron chi connectivity index (χ1n) is 11.9. The van der Waals surface area contributed by atoms with Crippen molar-refractivity contribution in [1.29, 1.82) is 0 Å². The minimum atomic E-state index is 0.405. The quantitative estimate of drug-likeness (QED) is 0.397. The highest BCUT2D eigenvalue weighted by atomic mass is 16.5. The normalized spacial score (nSPS) is 15.5. The van der Waals surface area contributed by atoms with Crippen LogP contribution in [0, 0.1) is 6.92 Å². The van der Waals surface area contributed by atoms with E-state index in [4.69, 9.17) is 4.74 Å². The predicted octanol–water partition coefficient (Wildman–Crippen LogP) is 5.77. The molecule has 0 unspecified atom stereocenters. The lowest BCUT2D eigenvalue weighted by Crippen LogP contribution is -2.32. The number of pyridine rings is 1. The summed E-state index contributed by atoms with van der Waals surface area (Å²) in [5.74, 6) is 2.64. The molecular weight excluding hydrogens is 410 g/mol. The van der Waals surface area contributed by atoms with E-state index in [0.717, 1.165) is 36.7 Å². The van der Waals surface area contributed by atoms with Crippen LogP contribution in [0.5, 0.6) is 5.88 Å². The summed E-state index contributed by atoms with van der Waals surface area (Å²) in [5, 5.41) is 1.34. The molecule has 0 amide bonds. The van der Waals surface area contributed by atoms with Crippen LogP contribution in [0.25, 0.3) is 22.2 Å². The van der Waals surface area contributed by atoms with Crippen LogP contribution in [-0.4, -0.2) is 45.0 Å². The predicted molar refractivity (Wildman–Crippen MR) is 133 cm³/mol. The Morgan fingerprint density at radius 1 is 1.15 bits per heavy atom. The van der Waals surface area contributed by atoms with Crippen LogP contribution in [0.2, 0.25) is 0 Å². The van der Waals surface area contributed by atoms with E-state index in [1.165, 1.54) is 40.6 Å². The molecule has 1 aliphatic heterocycles. The number of hydrogen-bond acceptors (Lipinski definition) is 4. The highest BCUT2D eigenvalue weighted by molar-refractivity contribution is 5.92. The second-order valence-corrected chi connectivity index (χ2v) is 9.49. The topological polar surface area (TPSA) is 69.8 Å². The van der Waals surface area contributed by atoms with Crippen LogP contribution in [-0.2, 0) is 6.54 Å². The lowest BCUT2D eigenvalue weighted by atomic mass is 9.87. The maximum atomic E-state index is 5.36. The standard InChI is InChI=1S/C27H33N5O/c1-17(2)26-23-13-20(19-8-11-32(12-9-19)16-22-15-29-18(3)30-22)5-6-24(23)31-27(26)21-7-10-28-25(14-21)33-4/h5-7,10,13-15,17,19,31H,8-9,11-12,16H2,1-4H3,(H,29,30). The minimum absolute atomic E-state index is 0.405. The molecule has 0 radical (unpaired) electrons. The van der Waals surface area contributed by atoms with Gasteiger partial charge < -0.3 is 14.7 Å². The molecule has 5 rings (SSSR count). The highest BCUT2D eigenvalue weighted by Crippen LogP contribution is 2.38. The fraction of sp³-hybridized carbons (Fsp3) is 0.407. The molecule has 1 aliphatic rings. The summed E-state index contributed by atoms with van der Waals surface area (Å²) in [7, 11) is 1.66. The number of aryl methyl sites for hydroxylation is 1. The molecule has 1 saturated heterocycles. The van der Waals surface area contributed by atoms with Gasteiger partial charge in [-0.1, -0.05) is 19.9 Å². The Balaban J connectivity index is 1.39. The van der Waals surface area contributed by atoms with E-state index in [2.05, 4.69) is 62.9 Å². The van der Waals surface area contributed by atoms with Crippen molar-refractivity contribution in [3.05, 3.63) is 65.4 Å². The summed E-state index contributed by atoms with van der Waals surface area (Å²) in [4.78, 5) is 18.2. The van der Waals surface area contributed by atoms with Gasteiger partial charge in [-0.2, -0.15) is 0 Å². The minimum Gasteiger partial charge on any atom is -0.481 e. The van der Waals surface area contributed by atoms with Gasteiger partial charge in [-0.05, 0) is 74.0 Å². The molecule has 0 saturated carbocycles. The van der Waals surface area contributed by atoms with Crippen molar-refractivity contribution in [2.45, 2.75) is 52.0 Å². The number of nitrogens with one attached hydrogen (secondary N) is 2. The van der Waals surface area contributed by atoms with Gasteiger partial charge in [0.05, 0.1) is 18.5 Å². The number of piperidine rings is 1. The molecule has 4 aromatic rings. The van der Waals surface area contributed by atoms with E-state index in [-0.39, 0.29) is 0 Å². The molecule has 0 atom stereocenters. The zero-order valence-electron chi connectivity index (χ0n) is 20.0. The maximum absolute atomic E-state index is 5.36. The molecule has 0 aliphatic carbocycles. The smallest absolute Gasteiger partial charge is 0.213 e. The van der Waals surface area contributed by atoms with E-state index in [9.17, 15) is 0 Å². The van der Waals surface area contributed by atoms with Crippen LogP contribution >= 0.6 is 0 Å². The number of fused-ring (bicyclic) bond motifs is 1. The molecule has 6 heteroatoms. The Morgan fingerprint density at radius 3 is 2.67 bits per heavy atom. The summed E-state index contributed by atoms with van der Waals surface area (Å²) in [5.41, 5.74) is 7.44. The molecule has 1 aromatic carbocycles. The van der Waals surface area contributed by atoms with Gasteiger partial charge in [0.1, 0.15) is 5.82 Å². The van der Waals surface area contributed by atoms with Crippen molar-refractivity contribution in [1.82, 2.24) is 24.8 Å². The second kappa shape index (κ2) is 9.02. The number of H-pyrrole nitrogens is 2. The first-order valence-corrected chi connectivity index (χ1v) is 11.9. The van der Waals surface area contributed by atoms with Gasteiger partial charge in [-0.3, -0.25) is 4.90 Å². The summed E-state index contributed by atoms with van der Waals surface area (Å²) in [6.45, 7) is 9.71. The Labute approximate surface area is 195 Å². The van der Waals surface area contributed by atoms with Crippen LogP contribution in [0.3, 0.4) is 0 Å². The number of likely N-dealkylation sites (tertiary alicyclic amines) is 1. The largest absolute Gasteiger partial charge is 0.481 e. The van der Waals surface area contributed by atoms with Gasteiger partial charge in [0.2, 0.25) is 5.88 Å². The number of hydrogen-bond donors (Lipinski definition) is 2. The van der Waals surface area contributed by atoms with Crippen molar-refractivity contribution < 1.29 is 4.74 Å². The van der Waals surface area contributed by atoms with Gasteiger partial charge in [0.25, 0.3) is 0 Å². The lowest BCUT2D eigenvalue weighted by molar-refractivity contribution is 0.203. The van der Waals surface area contributed by atoms with Crippen molar-refractivity contribution in [2.75, 3.05) is 20.2 Å². The average Bonchev–Trinajstić information content (AvgIpc) is 3.42. The molecule has 1 fully saturated rings. The van der Waals surface area contributed by atoms with Gasteiger partial charge in [0.15, 0.2) is 0 Å². The van der Waals surface area contributed by atoms with Gasteiger partial charge in [0, 0.05) is 41.5 Å². The summed E-state index contributed by atoms with van der Waals surface area (Å²) in [6.07, 6.45) is 6.22. The first kappa shape index (κ1) is 21.7. The van der Waals surface area contributed by atoms with Crippen molar-refractivity contribution >= 4 is 10.9 Å². The SMILES string of the molecule is COc1cc(-c2[nH]c3ccc(C4CCN(Cc5c[nH]c(C)n5)CC4)cc3c2C(C)C)ccn1. The Kier molecular flexibility index (Phi) is 5.94. The van der Waals surface area contributed by atoms with Crippen molar-refractivity contribution in [2.24, 2.45) is 0 Å². The summed E-state index contributed by atoms with van der Waals surface area (Å²) < 4.78 is 5.36. The van der Waals surface area contributed by atoms with Crippen LogP contribution < -0.4 is 4.74 Å². The summed E-state index contributed by atoms with van der Waals surface area (Å²) >= 11 is 0. The number of methoxy groups -OCH3 is 1. The molecule has 0 spiro atoms. The number of rotatable bonds is 6. The molecule has 172 valence electrons. The molecule has 6 nitrogen and oxygen atoms in total. The van der Waals surface area contributed by atoms with E-state index in [0.29, 0.717) is 17.7 Å². The fourth-order valence-electron chi connectivity index (χ4n) is 5.19. The number of benzene rings is 1. The fourth-order valence-corrected chi connectivity index (χ4v) is 5.19. The third-order valence-electron chi connectivity index (χ3n) is 6.88. The van der Waals surface area contributed by atoms with E-state index < -0.39 is 0 Å². The van der Waals surface area contributed by atoms with Crippen LogP contribution in [0.4, 0.5) is 0 Å². The zero-order valence-corrected chi connectivity index (χ0v) is 20.0. The van der Waals surface area contributed by atoms with Gasteiger partial charge in [-0.25, -0.2) is 9.97 Å². The van der Waals surface area contributed by atoms with Crippen LogP contribution in [0.15, 0.2) is 42.7 Å². The maximum Gasteiger partial charge on any atom is 0.213 e. The zero-order chi connectivity index (χ0) is 22.9. The average molecular weight is 444 g/mol.